The molecule has 0 amide bonds. The Balaban J connectivity index is 5.31. The molecule has 0 aliphatic rings. The van der Waals surface area contributed by atoms with Gasteiger partial charge in [-0.15, -0.1) is 0 Å². The Bertz CT molecular complexity index is 581. The largest absolute Gasteiger partial charge is 0.498 e. The molecule has 0 atom stereocenters. The first kappa shape index (κ1) is 25.6. The predicted molar refractivity (Wildman–Crippen MR) is 83.4 cm³/mol. The molecule has 0 aliphatic carbocycles. The van der Waals surface area contributed by atoms with Crippen LogP contribution in [-0.4, -0.2) is 61.1 Å². The first-order chi connectivity index (χ1) is 11.6. The third-order valence-electron chi connectivity index (χ3n) is 3.17. The Morgan fingerprint density at radius 1 is 0.846 bits per heavy atom. The molecule has 0 aromatic rings. The Kier molecular flexibility index (Phi) is 9.56. The van der Waals surface area contributed by atoms with Crippen molar-refractivity contribution in [1.82, 2.24) is 0 Å². The van der Waals surface area contributed by atoms with Crippen LogP contribution in [-0.2, 0) is 29.1 Å². The summed E-state index contributed by atoms with van der Waals surface area (Å²) >= 11 is 0. The summed E-state index contributed by atoms with van der Waals surface area (Å²) in [5.41, 5.74) is -12.2. The van der Waals surface area contributed by atoms with Crippen LogP contribution in [0.4, 0.5) is 26.3 Å². The summed E-state index contributed by atoms with van der Waals surface area (Å²) in [5, 5.41) is 0. The van der Waals surface area contributed by atoms with E-state index in [-0.39, 0.29) is 19.3 Å². The van der Waals surface area contributed by atoms with E-state index in [9.17, 15) is 43.2 Å². The number of sulfone groups is 2. The molecule has 0 radical (unpaired) electrons. The van der Waals surface area contributed by atoms with Crippen molar-refractivity contribution in [2.24, 2.45) is 0 Å². The van der Waals surface area contributed by atoms with Gasteiger partial charge in [-0.3, -0.25) is 0 Å². The fourth-order valence-corrected chi connectivity index (χ4v) is 7.24. The van der Waals surface area contributed by atoms with Gasteiger partial charge in [-0.25, -0.2) is 16.8 Å². The zero-order chi connectivity index (χ0) is 20.8. The third kappa shape index (κ3) is 6.65. The van der Waals surface area contributed by atoms with Crippen LogP contribution in [0.2, 0.25) is 6.04 Å². The Morgan fingerprint density at radius 3 is 1.54 bits per heavy atom. The van der Waals surface area contributed by atoms with Crippen LogP contribution in [0.1, 0.15) is 26.7 Å². The minimum atomic E-state index is -6.56. The second-order valence-electron chi connectivity index (χ2n) is 5.04. The van der Waals surface area contributed by atoms with Crippen LogP contribution in [0.3, 0.4) is 0 Å². The average molecular weight is 454 g/mol. The maximum Gasteiger partial charge on any atom is 0.498 e. The molecule has 0 aliphatic heterocycles. The second-order valence-corrected chi connectivity index (χ2v) is 11.5. The summed E-state index contributed by atoms with van der Waals surface area (Å²) in [7, 11) is -14.4. The average Bonchev–Trinajstić information content (AvgIpc) is 2.44. The highest BCUT2D eigenvalue weighted by atomic mass is 32.3. The molecule has 0 bridgehead atoms. The van der Waals surface area contributed by atoms with E-state index in [1.807, 2.05) is 0 Å². The van der Waals surface area contributed by atoms with Crippen LogP contribution >= 0.6 is 0 Å². The summed E-state index contributed by atoms with van der Waals surface area (Å²) in [4.78, 5) is 0. The number of ether oxygens (including phenoxy) is 2. The molecule has 6 nitrogen and oxygen atoms in total. The molecular weight excluding hydrogens is 434 g/mol. The molecule has 0 rings (SSSR count). The van der Waals surface area contributed by atoms with Gasteiger partial charge in [-0.05, 0) is 20.3 Å². The lowest BCUT2D eigenvalue weighted by Gasteiger charge is -2.21. The predicted octanol–water partition coefficient (Wildman–Crippen LogP) is 1.91. The van der Waals surface area contributed by atoms with Gasteiger partial charge in [0.2, 0.25) is 0 Å². The van der Waals surface area contributed by atoms with E-state index in [0.717, 1.165) is 0 Å². The Morgan fingerprint density at radius 2 is 1.23 bits per heavy atom. The van der Waals surface area contributed by atoms with Gasteiger partial charge < -0.3 is 9.47 Å². The van der Waals surface area contributed by atoms with Gasteiger partial charge in [0.25, 0.3) is 19.7 Å². The maximum absolute atomic E-state index is 12.6. The van der Waals surface area contributed by atoms with E-state index in [4.69, 9.17) is 9.47 Å². The molecule has 0 aromatic heterocycles. The van der Waals surface area contributed by atoms with Gasteiger partial charge in [0.1, 0.15) is 5.91 Å². The molecule has 158 valence electrons. The quantitative estimate of drug-likeness (QED) is 0.205. The second kappa shape index (κ2) is 9.70. The van der Waals surface area contributed by atoms with Crippen molar-refractivity contribution in [3.05, 3.63) is 0 Å². The van der Waals surface area contributed by atoms with Gasteiger partial charge in [-0.1, -0.05) is 12.5 Å². The highest BCUT2D eigenvalue weighted by Crippen LogP contribution is 2.38. The van der Waals surface area contributed by atoms with Crippen LogP contribution in [0, 0.1) is 0 Å². The summed E-state index contributed by atoms with van der Waals surface area (Å²) in [6.45, 7) is 3.85. The molecule has 0 fully saturated rings. The van der Waals surface area contributed by atoms with Crippen molar-refractivity contribution in [2.75, 3.05) is 13.2 Å². The molecule has 0 saturated carbocycles. The molecular formula is C11H20F6O6S2Si. The molecule has 0 aromatic carbocycles. The lowest BCUT2D eigenvalue weighted by atomic mass is 10.4. The first-order valence-electron chi connectivity index (χ1n) is 7.46. The van der Waals surface area contributed by atoms with E-state index in [0.29, 0.717) is 0 Å². The fraction of sp³-hybridized carbons (Fsp3) is 1.00. The molecule has 0 saturated heterocycles. The minimum absolute atomic E-state index is 0.0436. The van der Waals surface area contributed by atoms with Crippen LogP contribution in [0.25, 0.3) is 0 Å². The molecule has 26 heavy (non-hydrogen) atoms. The number of rotatable bonds is 11. The lowest BCUT2D eigenvalue weighted by molar-refractivity contribution is -0.0828. The van der Waals surface area contributed by atoms with Crippen LogP contribution in [0.15, 0.2) is 0 Å². The Labute approximate surface area is 149 Å². The fourth-order valence-electron chi connectivity index (χ4n) is 1.98. The topological polar surface area (TPSA) is 86.7 Å². The van der Waals surface area contributed by atoms with E-state index in [2.05, 4.69) is 0 Å². The van der Waals surface area contributed by atoms with Gasteiger partial charge >= 0.3 is 11.0 Å². The molecule has 0 heterocycles. The molecule has 0 spiro atoms. The highest BCUT2D eigenvalue weighted by molar-refractivity contribution is 8.09. The van der Waals surface area contributed by atoms with Crippen molar-refractivity contribution in [1.29, 1.82) is 0 Å². The SMILES string of the molecule is CCOC(OCC)[SiH2]CCCC(S(=O)(=O)C(F)(F)F)S(=O)(=O)C(F)(F)F. The zero-order valence-electron chi connectivity index (χ0n) is 13.9. The normalized spacial score (nSPS) is 14.8. The highest BCUT2D eigenvalue weighted by Gasteiger charge is 2.62. The zero-order valence-corrected chi connectivity index (χ0v) is 17.0. The van der Waals surface area contributed by atoms with Gasteiger partial charge in [0, 0.05) is 13.2 Å². The van der Waals surface area contributed by atoms with Crippen molar-refractivity contribution in [3.8, 4) is 0 Å². The van der Waals surface area contributed by atoms with Crippen molar-refractivity contribution >= 4 is 29.2 Å². The molecule has 0 unspecified atom stereocenters. The van der Waals surface area contributed by atoms with Crippen molar-refractivity contribution in [3.63, 3.8) is 0 Å². The lowest BCUT2D eigenvalue weighted by Crippen LogP contribution is -2.44. The number of halogens is 6. The standard InChI is InChI=1S/C11H20F6O6S2Si/c1-3-22-9(23-4-2)26-7-5-6-8(24(18,19)10(12,13)14)25(20,21)11(15,16)17/h8-9H,3-7,26H2,1-2H3. The number of hydrogen-bond donors (Lipinski definition) is 0. The summed E-state index contributed by atoms with van der Waals surface area (Å²) in [5.74, 6) is -0.637. The summed E-state index contributed by atoms with van der Waals surface area (Å²) in [6, 6.07) is 0.0436. The summed E-state index contributed by atoms with van der Waals surface area (Å²) in [6.07, 6.45) is -1.78. The summed E-state index contributed by atoms with van der Waals surface area (Å²) < 4.78 is 128. The van der Waals surface area contributed by atoms with Gasteiger partial charge in [-0.2, -0.15) is 26.3 Å². The number of hydrogen-bond acceptors (Lipinski definition) is 6. The van der Waals surface area contributed by atoms with E-state index in [1.165, 1.54) is 0 Å². The van der Waals surface area contributed by atoms with Gasteiger partial charge in [0.05, 0.1) is 9.52 Å². The number of alkyl halides is 6. The first-order valence-corrected chi connectivity index (χ1v) is 12.4. The van der Waals surface area contributed by atoms with E-state index < -0.39 is 63.5 Å². The van der Waals surface area contributed by atoms with Crippen LogP contribution in [0.5, 0.6) is 0 Å². The third-order valence-corrected chi connectivity index (χ3v) is 9.69. The van der Waals surface area contributed by atoms with Gasteiger partial charge in [0.15, 0.2) is 4.58 Å². The van der Waals surface area contributed by atoms with E-state index >= 15 is 0 Å². The van der Waals surface area contributed by atoms with Crippen LogP contribution < -0.4 is 0 Å². The van der Waals surface area contributed by atoms with E-state index in [1.54, 1.807) is 13.8 Å². The van der Waals surface area contributed by atoms with Crippen molar-refractivity contribution < 1.29 is 52.7 Å². The Hall–Kier alpha value is -0.383. The molecule has 0 N–H and O–H groups in total. The van der Waals surface area contributed by atoms with Crippen molar-refractivity contribution in [2.45, 2.75) is 54.2 Å². The maximum atomic E-state index is 12.6. The minimum Gasteiger partial charge on any atom is -0.357 e. The monoisotopic (exact) mass is 454 g/mol. The molecule has 15 heteroatoms. The smallest absolute Gasteiger partial charge is 0.357 e.